The Morgan fingerprint density at radius 1 is 0.545 bits per heavy atom. The molecule has 0 fully saturated rings. The topological polar surface area (TPSA) is 0 Å². The van der Waals surface area contributed by atoms with Crippen molar-refractivity contribution in [2.75, 3.05) is 0 Å². The summed E-state index contributed by atoms with van der Waals surface area (Å²) in [5, 5.41) is 6.09. The molecule has 44 heavy (non-hydrogen) atoms. The Morgan fingerprint density at radius 3 is 1.18 bits per heavy atom. The second-order valence-electron chi connectivity index (χ2n) is 11.9. The van der Waals surface area contributed by atoms with Gasteiger partial charge in [0.1, 0.15) is 8.07 Å². The van der Waals surface area contributed by atoms with Gasteiger partial charge in [0.2, 0.25) is 0 Å². The van der Waals surface area contributed by atoms with Gasteiger partial charge in [-0.25, -0.2) is 12.1 Å². The minimum absolute atomic E-state index is 0. The molecule has 0 spiro atoms. The number of aryl methyl sites for hydroxylation is 3. The van der Waals surface area contributed by atoms with Crippen LogP contribution in [0.3, 0.4) is 0 Å². The van der Waals surface area contributed by atoms with Crippen LogP contribution in [-0.2, 0) is 41.0 Å². The quantitative estimate of drug-likeness (QED) is 0.0878. The third-order valence-corrected chi connectivity index (χ3v) is 13.9. The molecule has 0 saturated heterocycles. The number of hydrogen-bond acceptors (Lipinski definition) is 0. The number of unbranched alkanes of at least 4 members (excludes halogenated alkanes) is 3. The Hall–Kier alpha value is -1.19. The van der Waals surface area contributed by atoms with E-state index >= 15 is 0 Å². The molecule has 0 amide bonds. The summed E-state index contributed by atoms with van der Waals surface area (Å²) >= 11 is 0. The maximum Gasteiger partial charge on any atom is 4.00 e. The van der Waals surface area contributed by atoms with E-state index in [4.69, 9.17) is 0 Å². The maximum absolute atomic E-state index is 2.53. The molecule has 4 aromatic carbocycles. The SMILES string of the molecule is CCCCc1ccc([Si](c2ccc(CCCC)cc2)(c2ccc(CCCC)cc2)[c-]2cccc2C(C)CC)cc1.[Cl-].[Cl-].[Cl-].[Ti+4]. The van der Waals surface area contributed by atoms with Gasteiger partial charge in [0.25, 0.3) is 0 Å². The summed E-state index contributed by atoms with van der Waals surface area (Å²) in [5.74, 6) is 0.536. The first-order chi connectivity index (χ1) is 19.6. The smallest absolute Gasteiger partial charge is 1.00 e. The zero-order valence-electron chi connectivity index (χ0n) is 27.4. The van der Waals surface area contributed by atoms with Crippen molar-refractivity contribution in [3.05, 3.63) is 113 Å². The van der Waals surface area contributed by atoms with Crippen molar-refractivity contribution in [2.45, 2.75) is 105 Å². The number of rotatable bonds is 15. The van der Waals surface area contributed by atoms with Crippen molar-refractivity contribution in [3.8, 4) is 0 Å². The summed E-state index contributed by atoms with van der Waals surface area (Å²) in [6.07, 6.45) is 12.1. The van der Waals surface area contributed by atoms with Crippen molar-refractivity contribution >= 4 is 28.8 Å². The Balaban J connectivity index is 0.00000462. The fraction of sp³-hybridized carbons (Fsp3) is 0.410. The van der Waals surface area contributed by atoms with Crippen molar-refractivity contribution in [3.63, 3.8) is 0 Å². The van der Waals surface area contributed by atoms with Gasteiger partial charge in [0.05, 0.1) is 0 Å². The van der Waals surface area contributed by atoms with Crippen molar-refractivity contribution < 1.29 is 58.9 Å². The summed E-state index contributed by atoms with van der Waals surface area (Å²) in [5.41, 5.74) is 5.92. The first kappa shape index (κ1) is 42.8. The number of halogens is 3. The van der Waals surface area contributed by atoms with E-state index in [0.29, 0.717) is 5.92 Å². The molecule has 0 aliphatic carbocycles. The zero-order chi connectivity index (χ0) is 28.4. The summed E-state index contributed by atoms with van der Waals surface area (Å²) in [7, 11) is -2.53. The van der Waals surface area contributed by atoms with Crippen molar-refractivity contribution in [1.82, 2.24) is 0 Å². The number of benzene rings is 3. The fourth-order valence-electron chi connectivity index (χ4n) is 6.30. The van der Waals surface area contributed by atoms with Crippen LogP contribution in [0.5, 0.6) is 0 Å². The van der Waals surface area contributed by atoms with Crippen LogP contribution < -0.4 is 58.0 Å². The Labute approximate surface area is 303 Å². The molecule has 236 valence electrons. The zero-order valence-corrected chi connectivity index (χ0v) is 32.3. The predicted molar refractivity (Wildman–Crippen MR) is 180 cm³/mol. The van der Waals surface area contributed by atoms with Gasteiger partial charge in [-0.1, -0.05) is 149 Å². The fourth-order valence-corrected chi connectivity index (χ4v) is 11.3. The molecule has 0 radical (unpaired) electrons. The molecule has 1 unspecified atom stereocenters. The van der Waals surface area contributed by atoms with E-state index in [2.05, 4.69) is 126 Å². The Morgan fingerprint density at radius 2 is 0.886 bits per heavy atom. The van der Waals surface area contributed by atoms with Gasteiger partial charge in [0.15, 0.2) is 0 Å². The second-order valence-corrected chi connectivity index (χ2v) is 15.6. The van der Waals surface area contributed by atoms with Crippen LogP contribution in [0, 0.1) is 0 Å². The molecule has 5 heteroatoms. The predicted octanol–water partition coefficient (Wildman–Crippen LogP) is -0.666. The average Bonchev–Trinajstić information content (AvgIpc) is 3.50. The third kappa shape index (κ3) is 9.90. The van der Waals surface area contributed by atoms with Gasteiger partial charge >= 0.3 is 21.7 Å². The van der Waals surface area contributed by atoms with Gasteiger partial charge in [0, 0.05) is 0 Å². The minimum atomic E-state index is -2.53. The monoisotopic (exact) mass is 700 g/mol. The van der Waals surface area contributed by atoms with Crippen molar-refractivity contribution in [2.24, 2.45) is 0 Å². The van der Waals surface area contributed by atoms with Crippen LogP contribution in [0.1, 0.15) is 108 Å². The molecule has 4 aromatic rings. The molecule has 0 aliphatic rings. The normalized spacial score (nSPS) is 11.4. The Kier molecular flexibility index (Phi) is 21.0. The van der Waals surface area contributed by atoms with Crippen LogP contribution in [0.15, 0.2) is 91.0 Å². The van der Waals surface area contributed by atoms with Gasteiger partial charge in [-0.2, -0.15) is 11.6 Å². The van der Waals surface area contributed by atoms with Crippen LogP contribution in [0.2, 0.25) is 0 Å². The molecule has 0 aromatic heterocycles. The van der Waals surface area contributed by atoms with Crippen LogP contribution in [-0.4, -0.2) is 8.07 Å². The van der Waals surface area contributed by atoms with E-state index in [1.165, 1.54) is 76.3 Å². The second kappa shape index (κ2) is 21.6. The average molecular weight is 702 g/mol. The van der Waals surface area contributed by atoms with E-state index in [9.17, 15) is 0 Å². The van der Waals surface area contributed by atoms with Crippen LogP contribution >= 0.6 is 0 Å². The largest absolute Gasteiger partial charge is 4.00 e. The molecule has 0 nitrogen and oxygen atoms in total. The van der Waals surface area contributed by atoms with Gasteiger partial charge in [-0.3, -0.25) is 0 Å². The van der Waals surface area contributed by atoms with Crippen LogP contribution in [0.25, 0.3) is 0 Å². The summed E-state index contributed by atoms with van der Waals surface area (Å²) in [6.45, 7) is 11.6. The molecule has 0 N–H and O–H groups in total. The molecule has 0 heterocycles. The molecular weight excluding hydrogens is 651 g/mol. The first-order valence-electron chi connectivity index (χ1n) is 16.1. The maximum atomic E-state index is 2.49. The third-order valence-electron chi connectivity index (χ3n) is 9.01. The molecular formula is C39H51Cl3SiTi. The molecule has 4 rings (SSSR count). The van der Waals surface area contributed by atoms with Crippen LogP contribution in [0.4, 0.5) is 0 Å². The number of hydrogen-bond donors (Lipinski definition) is 0. The minimum Gasteiger partial charge on any atom is -1.00 e. The standard InChI is InChI=1S/C39H51Si.3ClH.Ti/c1-6-10-14-32-19-25-35(26-20-32)40(39-18-13-17-38(39)31(5)9-4,36-27-21-33(22-28-36)15-11-7-2)37-29-23-34(24-30-37)16-12-8-3;;;;/h13,17-31H,6-12,14-16H2,1-5H3;3*1H;/q-1;;;;+4/p-3. The van der Waals surface area contributed by atoms with Gasteiger partial charge < -0.3 is 37.2 Å². The molecule has 1 atom stereocenters. The first-order valence-corrected chi connectivity index (χ1v) is 18.1. The molecule has 0 saturated carbocycles. The van der Waals surface area contributed by atoms with E-state index in [1.54, 1.807) is 5.19 Å². The van der Waals surface area contributed by atoms with Crippen molar-refractivity contribution in [1.29, 1.82) is 0 Å². The summed E-state index contributed by atoms with van der Waals surface area (Å²) in [4.78, 5) is 0. The molecule has 0 aliphatic heterocycles. The van der Waals surface area contributed by atoms with Gasteiger partial charge in [-0.15, -0.1) is 5.19 Å². The van der Waals surface area contributed by atoms with E-state index < -0.39 is 8.07 Å². The molecule has 0 bridgehead atoms. The van der Waals surface area contributed by atoms with E-state index in [1.807, 2.05) is 0 Å². The van der Waals surface area contributed by atoms with Gasteiger partial charge in [-0.05, 0) is 61.1 Å². The summed E-state index contributed by atoms with van der Waals surface area (Å²) < 4.78 is 0. The van der Waals surface area contributed by atoms with E-state index in [-0.39, 0.29) is 58.9 Å². The van der Waals surface area contributed by atoms with E-state index in [0.717, 1.165) is 25.7 Å². The Bertz CT molecular complexity index is 1170. The summed E-state index contributed by atoms with van der Waals surface area (Å²) in [6, 6.07) is 36.6.